The van der Waals surface area contributed by atoms with E-state index in [9.17, 15) is 12.8 Å². The molecule has 2 aromatic carbocycles. The number of sulfonamides is 1. The molecule has 4 nitrogen and oxygen atoms in total. The fraction of sp³-hybridized carbons (Fsp3) is 0.143. The van der Waals surface area contributed by atoms with Crippen LogP contribution in [-0.2, 0) is 10.0 Å². The summed E-state index contributed by atoms with van der Waals surface area (Å²) in [6.45, 7) is 1.66. The van der Waals surface area contributed by atoms with E-state index in [0.717, 1.165) is 0 Å². The van der Waals surface area contributed by atoms with Crippen molar-refractivity contribution in [3.05, 3.63) is 58.9 Å². The van der Waals surface area contributed by atoms with E-state index in [-0.39, 0.29) is 15.7 Å². The van der Waals surface area contributed by atoms with Crippen molar-refractivity contribution in [1.82, 2.24) is 4.72 Å². The molecule has 2 rings (SSSR count). The van der Waals surface area contributed by atoms with Crippen LogP contribution >= 0.6 is 11.6 Å². The van der Waals surface area contributed by atoms with Gasteiger partial charge in [-0.25, -0.2) is 17.5 Å². The summed E-state index contributed by atoms with van der Waals surface area (Å²) in [4.78, 5) is -0.0851. The van der Waals surface area contributed by atoms with Gasteiger partial charge in [0, 0.05) is 11.7 Å². The zero-order valence-electron chi connectivity index (χ0n) is 11.2. The maximum absolute atomic E-state index is 12.9. The Kier molecular flexibility index (Phi) is 4.51. The molecular weight excluding hydrogens is 315 g/mol. The van der Waals surface area contributed by atoms with Crippen molar-refractivity contribution in [2.24, 2.45) is 0 Å². The van der Waals surface area contributed by atoms with Crippen LogP contribution in [0.25, 0.3) is 0 Å². The number of hydrogen-bond acceptors (Lipinski definition) is 3. The predicted molar refractivity (Wildman–Crippen MR) is 81.0 cm³/mol. The van der Waals surface area contributed by atoms with Crippen molar-refractivity contribution in [3.8, 4) is 0 Å². The molecule has 7 heteroatoms. The molecule has 0 aliphatic carbocycles. The van der Waals surface area contributed by atoms with Crippen molar-refractivity contribution < 1.29 is 12.8 Å². The van der Waals surface area contributed by atoms with Crippen LogP contribution < -0.4 is 10.5 Å². The molecule has 0 fully saturated rings. The Morgan fingerprint density at radius 2 is 1.81 bits per heavy atom. The van der Waals surface area contributed by atoms with Gasteiger partial charge in [-0.1, -0.05) is 23.7 Å². The topological polar surface area (TPSA) is 72.2 Å². The van der Waals surface area contributed by atoms with Crippen molar-refractivity contribution in [3.63, 3.8) is 0 Å². The van der Waals surface area contributed by atoms with Gasteiger partial charge in [-0.15, -0.1) is 0 Å². The maximum Gasteiger partial charge on any atom is 0.242 e. The smallest absolute Gasteiger partial charge is 0.242 e. The van der Waals surface area contributed by atoms with Crippen LogP contribution in [0.2, 0.25) is 5.02 Å². The van der Waals surface area contributed by atoms with E-state index in [4.69, 9.17) is 17.3 Å². The van der Waals surface area contributed by atoms with Crippen molar-refractivity contribution in [1.29, 1.82) is 0 Å². The average Bonchev–Trinajstić information content (AvgIpc) is 2.41. The molecule has 1 unspecified atom stereocenters. The SMILES string of the molecule is CC(NS(=O)(=O)c1cc(N)ccc1Cl)c1ccc(F)cc1. The second kappa shape index (κ2) is 6.01. The maximum atomic E-state index is 12.9. The number of hydrogen-bond donors (Lipinski definition) is 2. The summed E-state index contributed by atoms with van der Waals surface area (Å²) >= 11 is 5.91. The summed E-state index contributed by atoms with van der Waals surface area (Å²) in [6, 6.07) is 9.28. The lowest BCUT2D eigenvalue weighted by Gasteiger charge is -2.15. The zero-order valence-corrected chi connectivity index (χ0v) is 12.7. The molecule has 0 bridgehead atoms. The average molecular weight is 329 g/mol. The molecule has 0 radical (unpaired) electrons. The van der Waals surface area contributed by atoms with Crippen LogP contribution in [-0.4, -0.2) is 8.42 Å². The molecule has 2 aromatic rings. The first-order valence-electron chi connectivity index (χ1n) is 6.12. The lowest BCUT2D eigenvalue weighted by atomic mass is 10.1. The number of nitrogen functional groups attached to an aromatic ring is 1. The Labute approximate surface area is 127 Å². The quantitative estimate of drug-likeness (QED) is 0.847. The normalized spacial score (nSPS) is 13.1. The summed E-state index contributed by atoms with van der Waals surface area (Å²) in [7, 11) is -3.83. The van der Waals surface area contributed by atoms with Gasteiger partial charge >= 0.3 is 0 Å². The van der Waals surface area contributed by atoms with Crippen LogP contribution in [0.1, 0.15) is 18.5 Å². The van der Waals surface area contributed by atoms with E-state index in [0.29, 0.717) is 11.3 Å². The third-order valence-corrected chi connectivity index (χ3v) is 4.97. The molecular formula is C14H14ClFN2O2S. The molecule has 0 saturated carbocycles. The van der Waals surface area contributed by atoms with Gasteiger partial charge in [0.2, 0.25) is 10.0 Å². The highest BCUT2D eigenvalue weighted by atomic mass is 35.5. The Morgan fingerprint density at radius 1 is 1.19 bits per heavy atom. The number of nitrogens with one attached hydrogen (secondary N) is 1. The molecule has 0 aromatic heterocycles. The van der Waals surface area contributed by atoms with Crippen LogP contribution in [0.3, 0.4) is 0 Å². The Morgan fingerprint density at radius 3 is 2.43 bits per heavy atom. The fourth-order valence-electron chi connectivity index (χ4n) is 1.84. The van der Waals surface area contributed by atoms with Gasteiger partial charge in [-0.2, -0.15) is 0 Å². The summed E-state index contributed by atoms with van der Waals surface area (Å²) in [5, 5.41) is 0.0861. The predicted octanol–water partition coefficient (Wildman–Crippen LogP) is 3.10. The summed E-state index contributed by atoms with van der Waals surface area (Å²) in [5.41, 5.74) is 6.53. The second-order valence-corrected chi connectivity index (χ2v) is 6.67. The van der Waals surface area contributed by atoms with E-state index in [1.807, 2.05) is 0 Å². The third kappa shape index (κ3) is 3.72. The zero-order chi connectivity index (χ0) is 15.6. The molecule has 0 saturated heterocycles. The largest absolute Gasteiger partial charge is 0.399 e. The highest BCUT2D eigenvalue weighted by molar-refractivity contribution is 7.89. The van der Waals surface area contributed by atoms with Crippen molar-refractivity contribution in [2.75, 3.05) is 5.73 Å². The molecule has 0 spiro atoms. The van der Waals surface area contributed by atoms with Crippen LogP contribution in [0.5, 0.6) is 0 Å². The van der Waals surface area contributed by atoms with E-state index in [1.165, 1.54) is 42.5 Å². The Bertz CT molecular complexity index is 748. The first-order chi connectivity index (χ1) is 9.79. The fourth-order valence-corrected chi connectivity index (χ4v) is 3.61. The van der Waals surface area contributed by atoms with E-state index >= 15 is 0 Å². The van der Waals surface area contributed by atoms with Crippen molar-refractivity contribution >= 4 is 27.3 Å². The van der Waals surface area contributed by atoms with Crippen molar-refractivity contribution in [2.45, 2.75) is 17.9 Å². The minimum atomic E-state index is -3.83. The number of halogens is 2. The highest BCUT2D eigenvalue weighted by Gasteiger charge is 2.21. The van der Waals surface area contributed by atoms with Gasteiger partial charge in [-0.3, -0.25) is 0 Å². The van der Waals surface area contributed by atoms with Gasteiger partial charge in [0.1, 0.15) is 10.7 Å². The monoisotopic (exact) mass is 328 g/mol. The molecule has 0 aliphatic rings. The number of anilines is 1. The van der Waals surface area contributed by atoms with E-state index < -0.39 is 16.1 Å². The van der Waals surface area contributed by atoms with Gasteiger partial charge < -0.3 is 5.73 Å². The third-order valence-electron chi connectivity index (χ3n) is 2.95. The molecule has 112 valence electrons. The van der Waals surface area contributed by atoms with Gasteiger partial charge in [0.15, 0.2) is 0 Å². The molecule has 0 aliphatic heterocycles. The van der Waals surface area contributed by atoms with Gasteiger partial charge in [0.25, 0.3) is 0 Å². The standard InChI is InChI=1S/C14H14ClFN2O2S/c1-9(10-2-4-11(16)5-3-10)18-21(19,20)14-8-12(17)6-7-13(14)15/h2-9,18H,17H2,1H3. The van der Waals surface area contributed by atoms with Crippen LogP contribution in [0.15, 0.2) is 47.4 Å². The number of benzene rings is 2. The Balaban J connectivity index is 2.28. The first kappa shape index (κ1) is 15.8. The molecule has 3 N–H and O–H groups in total. The minimum absolute atomic E-state index is 0.0851. The van der Waals surface area contributed by atoms with Gasteiger partial charge in [-0.05, 0) is 42.8 Å². The first-order valence-corrected chi connectivity index (χ1v) is 7.98. The molecule has 0 amide bonds. The van der Waals surface area contributed by atoms with Crippen LogP contribution in [0, 0.1) is 5.82 Å². The number of nitrogens with two attached hydrogens (primary N) is 1. The van der Waals surface area contributed by atoms with E-state index in [1.54, 1.807) is 6.92 Å². The molecule has 0 heterocycles. The minimum Gasteiger partial charge on any atom is -0.399 e. The van der Waals surface area contributed by atoms with Gasteiger partial charge in [0.05, 0.1) is 5.02 Å². The summed E-state index contributed by atoms with van der Waals surface area (Å²) < 4.78 is 40.0. The number of rotatable bonds is 4. The van der Waals surface area contributed by atoms with Crippen LogP contribution in [0.4, 0.5) is 10.1 Å². The highest BCUT2D eigenvalue weighted by Crippen LogP contribution is 2.25. The molecule has 1 atom stereocenters. The summed E-state index contributed by atoms with van der Waals surface area (Å²) in [5.74, 6) is -0.382. The lowest BCUT2D eigenvalue weighted by molar-refractivity contribution is 0.566. The van der Waals surface area contributed by atoms with E-state index in [2.05, 4.69) is 4.72 Å². The second-order valence-electron chi connectivity index (χ2n) is 4.58. The Hall–Kier alpha value is -1.63. The summed E-state index contributed by atoms with van der Waals surface area (Å²) in [6.07, 6.45) is 0. The molecule has 21 heavy (non-hydrogen) atoms. The lowest BCUT2D eigenvalue weighted by Crippen LogP contribution is -2.27.